The third kappa shape index (κ3) is 3.56. The highest BCUT2D eigenvalue weighted by molar-refractivity contribution is 5.53. The molecule has 0 aliphatic heterocycles. The van der Waals surface area contributed by atoms with E-state index in [1.165, 1.54) is 12.1 Å². The Kier molecular flexibility index (Phi) is 4.43. The van der Waals surface area contributed by atoms with E-state index in [0.717, 1.165) is 6.42 Å². The predicted octanol–water partition coefficient (Wildman–Crippen LogP) is 1.53. The van der Waals surface area contributed by atoms with E-state index < -0.39 is 4.92 Å². The molecular weight excluding hydrogens is 236 g/mol. The van der Waals surface area contributed by atoms with E-state index in [0.29, 0.717) is 12.2 Å². The van der Waals surface area contributed by atoms with Crippen LogP contribution in [0, 0.1) is 10.1 Å². The summed E-state index contributed by atoms with van der Waals surface area (Å²) in [6.45, 7) is 3.91. The van der Waals surface area contributed by atoms with E-state index >= 15 is 0 Å². The van der Waals surface area contributed by atoms with E-state index in [1.54, 1.807) is 0 Å². The zero-order valence-electron chi connectivity index (χ0n) is 10.5. The number of anilines is 2. The molecule has 0 spiro atoms. The SMILES string of the molecule is CCC(C)(CCO)Nc1cc([N+](=O)[O-])cc(N)n1. The van der Waals surface area contributed by atoms with Gasteiger partial charge < -0.3 is 16.2 Å². The second-order valence-corrected chi connectivity index (χ2v) is 4.41. The Morgan fingerprint density at radius 3 is 2.78 bits per heavy atom. The first-order valence-corrected chi connectivity index (χ1v) is 5.71. The van der Waals surface area contributed by atoms with E-state index in [1.807, 2.05) is 13.8 Å². The van der Waals surface area contributed by atoms with E-state index in [4.69, 9.17) is 10.8 Å². The maximum atomic E-state index is 10.7. The molecule has 18 heavy (non-hydrogen) atoms. The molecule has 7 heteroatoms. The normalized spacial score (nSPS) is 13.9. The van der Waals surface area contributed by atoms with Crippen molar-refractivity contribution >= 4 is 17.3 Å². The molecule has 0 bridgehead atoms. The number of nitrogen functional groups attached to an aromatic ring is 1. The van der Waals surface area contributed by atoms with Gasteiger partial charge >= 0.3 is 0 Å². The van der Waals surface area contributed by atoms with Gasteiger partial charge in [-0.1, -0.05) is 6.92 Å². The Hall–Kier alpha value is -1.89. The van der Waals surface area contributed by atoms with Crippen LogP contribution in [0.1, 0.15) is 26.7 Å². The molecule has 1 aromatic heterocycles. The van der Waals surface area contributed by atoms with Gasteiger partial charge in [0.15, 0.2) is 0 Å². The zero-order chi connectivity index (χ0) is 13.8. The summed E-state index contributed by atoms with van der Waals surface area (Å²) in [7, 11) is 0. The lowest BCUT2D eigenvalue weighted by Crippen LogP contribution is -2.35. The topological polar surface area (TPSA) is 114 Å². The van der Waals surface area contributed by atoms with Crippen molar-refractivity contribution in [2.75, 3.05) is 17.7 Å². The molecule has 0 saturated heterocycles. The first-order chi connectivity index (χ1) is 8.40. The highest BCUT2D eigenvalue weighted by atomic mass is 16.6. The average molecular weight is 254 g/mol. The van der Waals surface area contributed by atoms with Crippen LogP contribution in [-0.4, -0.2) is 27.2 Å². The Balaban J connectivity index is 2.99. The quantitative estimate of drug-likeness (QED) is 0.524. The maximum Gasteiger partial charge on any atom is 0.276 e. The van der Waals surface area contributed by atoms with Crippen LogP contribution in [0.2, 0.25) is 0 Å². The van der Waals surface area contributed by atoms with Gasteiger partial charge in [-0.05, 0) is 19.8 Å². The van der Waals surface area contributed by atoms with Crippen molar-refractivity contribution in [1.82, 2.24) is 4.98 Å². The van der Waals surface area contributed by atoms with Crippen LogP contribution in [0.15, 0.2) is 12.1 Å². The van der Waals surface area contributed by atoms with Crippen molar-refractivity contribution in [2.24, 2.45) is 0 Å². The number of aliphatic hydroxyl groups is 1. The van der Waals surface area contributed by atoms with E-state index in [2.05, 4.69) is 10.3 Å². The summed E-state index contributed by atoms with van der Waals surface area (Å²) >= 11 is 0. The highest BCUT2D eigenvalue weighted by Gasteiger charge is 2.22. The fourth-order valence-corrected chi connectivity index (χ4v) is 1.59. The third-order valence-corrected chi connectivity index (χ3v) is 2.91. The second kappa shape index (κ2) is 5.63. The standard InChI is InChI=1S/C11H18N4O3/c1-3-11(2,4-5-16)14-10-7-8(15(17)18)6-9(12)13-10/h6-7,16H,3-5H2,1-2H3,(H3,12,13,14). The number of nitro groups is 1. The maximum absolute atomic E-state index is 10.7. The Morgan fingerprint density at radius 2 is 2.28 bits per heavy atom. The van der Waals surface area contributed by atoms with Crippen LogP contribution in [-0.2, 0) is 0 Å². The number of aromatic nitrogens is 1. The molecular formula is C11H18N4O3. The van der Waals surface area contributed by atoms with E-state index in [-0.39, 0.29) is 23.7 Å². The lowest BCUT2D eigenvalue weighted by molar-refractivity contribution is -0.384. The van der Waals surface area contributed by atoms with Crippen LogP contribution >= 0.6 is 0 Å². The van der Waals surface area contributed by atoms with Gasteiger partial charge in [0.1, 0.15) is 11.6 Å². The molecule has 0 aromatic carbocycles. The molecule has 100 valence electrons. The monoisotopic (exact) mass is 254 g/mol. The number of rotatable bonds is 6. The number of hydrogen-bond acceptors (Lipinski definition) is 6. The molecule has 0 saturated carbocycles. The summed E-state index contributed by atoms with van der Waals surface area (Å²) < 4.78 is 0. The summed E-state index contributed by atoms with van der Waals surface area (Å²) in [5.74, 6) is 0.439. The van der Waals surface area contributed by atoms with Gasteiger partial charge in [0.05, 0.1) is 17.1 Å². The molecule has 0 fully saturated rings. The van der Waals surface area contributed by atoms with Crippen molar-refractivity contribution in [3.05, 3.63) is 22.2 Å². The number of hydrogen-bond donors (Lipinski definition) is 3. The zero-order valence-corrected chi connectivity index (χ0v) is 10.5. The molecule has 0 aliphatic carbocycles. The molecule has 7 nitrogen and oxygen atoms in total. The first kappa shape index (κ1) is 14.2. The Bertz CT molecular complexity index is 438. The number of pyridine rings is 1. The molecule has 4 N–H and O–H groups in total. The first-order valence-electron chi connectivity index (χ1n) is 5.71. The molecule has 0 radical (unpaired) electrons. The van der Waals surface area contributed by atoms with Crippen molar-refractivity contribution in [3.63, 3.8) is 0 Å². The number of nitrogens with one attached hydrogen (secondary N) is 1. The number of nitrogens with two attached hydrogens (primary N) is 1. The molecule has 0 aliphatic rings. The van der Waals surface area contributed by atoms with Gasteiger partial charge in [0.2, 0.25) is 0 Å². The minimum atomic E-state index is -0.515. The molecule has 1 aromatic rings. The minimum Gasteiger partial charge on any atom is -0.396 e. The summed E-state index contributed by atoms with van der Waals surface area (Å²) in [4.78, 5) is 14.2. The summed E-state index contributed by atoms with van der Waals surface area (Å²) in [6, 6.07) is 2.54. The van der Waals surface area contributed by atoms with Crippen molar-refractivity contribution in [1.29, 1.82) is 0 Å². The fraction of sp³-hybridized carbons (Fsp3) is 0.545. The lowest BCUT2D eigenvalue weighted by Gasteiger charge is -2.29. The highest BCUT2D eigenvalue weighted by Crippen LogP contribution is 2.24. The third-order valence-electron chi connectivity index (χ3n) is 2.91. The van der Waals surface area contributed by atoms with Gasteiger partial charge in [-0.15, -0.1) is 0 Å². The van der Waals surface area contributed by atoms with Crippen LogP contribution in [0.25, 0.3) is 0 Å². The number of aliphatic hydroxyl groups excluding tert-OH is 1. The van der Waals surface area contributed by atoms with Gasteiger partial charge in [-0.3, -0.25) is 10.1 Å². The second-order valence-electron chi connectivity index (χ2n) is 4.41. The van der Waals surface area contributed by atoms with Crippen LogP contribution in [0.5, 0.6) is 0 Å². The van der Waals surface area contributed by atoms with E-state index in [9.17, 15) is 10.1 Å². The predicted molar refractivity (Wildman–Crippen MR) is 69.3 cm³/mol. The van der Waals surface area contributed by atoms with Crippen LogP contribution in [0.3, 0.4) is 0 Å². The van der Waals surface area contributed by atoms with Gasteiger partial charge in [0.25, 0.3) is 5.69 Å². The smallest absolute Gasteiger partial charge is 0.276 e. The van der Waals surface area contributed by atoms with Gasteiger partial charge in [0, 0.05) is 12.1 Å². The molecule has 1 atom stereocenters. The lowest BCUT2D eigenvalue weighted by atomic mass is 9.95. The van der Waals surface area contributed by atoms with Gasteiger partial charge in [-0.25, -0.2) is 4.98 Å². The van der Waals surface area contributed by atoms with Crippen molar-refractivity contribution in [3.8, 4) is 0 Å². The Labute approximate surface area is 105 Å². The largest absolute Gasteiger partial charge is 0.396 e. The fourth-order valence-electron chi connectivity index (χ4n) is 1.59. The van der Waals surface area contributed by atoms with Crippen LogP contribution < -0.4 is 11.1 Å². The molecule has 0 amide bonds. The molecule has 1 unspecified atom stereocenters. The Morgan fingerprint density at radius 1 is 1.61 bits per heavy atom. The number of nitrogens with zero attached hydrogens (tertiary/aromatic N) is 2. The summed E-state index contributed by atoms with van der Waals surface area (Å²) in [5, 5.41) is 22.8. The molecule has 1 heterocycles. The molecule has 1 rings (SSSR count). The summed E-state index contributed by atoms with van der Waals surface area (Å²) in [6.07, 6.45) is 1.27. The van der Waals surface area contributed by atoms with Gasteiger partial charge in [-0.2, -0.15) is 0 Å². The minimum absolute atomic E-state index is 0.0295. The van der Waals surface area contributed by atoms with Crippen LogP contribution in [0.4, 0.5) is 17.3 Å². The summed E-state index contributed by atoms with van der Waals surface area (Å²) in [5.41, 5.74) is 5.05. The van der Waals surface area contributed by atoms with Crippen molar-refractivity contribution < 1.29 is 10.0 Å². The van der Waals surface area contributed by atoms with Crippen molar-refractivity contribution in [2.45, 2.75) is 32.2 Å². The average Bonchev–Trinajstić information content (AvgIpc) is 2.28.